The number of carbonyl (C=O) groups is 2. The molecule has 1 spiro atoms. The maximum atomic E-state index is 14.0. The number of nitrogens with one attached hydrogen (secondary N) is 2. The van der Waals surface area contributed by atoms with Gasteiger partial charge >= 0.3 is 0 Å². The van der Waals surface area contributed by atoms with Crippen LogP contribution in [0.5, 0.6) is 0 Å². The number of hydrogen-bond donors (Lipinski definition) is 2. The number of benzene rings is 2. The number of ether oxygens (including phenoxy) is 1. The average Bonchev–Trinajstić information content (AvgIpc) is 3.60. The zero-order valence-electron chi connectivity index (χ0n) is 21.3. The lowest BCUT2D eigenvalue weighted by Gasteiger charge is -2.52. The van der Waals surface area contributed by atoms with Crippen LogP contribution >= 0.6 is 0 Å². The molecule has 0 radical (unpaired) electrons. The molecule has 2 N–H and O–H groups in total. The summed E-state index contributed by atoms with van der Waals surface area (Å²) < 4.78 is 5.94. The summed E-state index contributed by atoms with van der Waals surface area (Å²) >= 11 is 0. The van der Waals surface area contributed by atoms with Crippen LogP contribution in [0.4, 0.5) is 0 Å². The summed E-state index contributed by atoms with van der Waals surface area (Å²) in [5, 5.41) is 4.25. The van der Waals surface area contributed by atoms with E-state index in [-0.39, 0.29) is 17.9 Å². The van der Waals surface area contributed by atoms with Crippen LogP contribution in [-0.2, 0) is 27.2 Å². The van der Waals surface area contributed by atoms with Gasteiger partial charge in [0.05, 0.1) is 6.10 Å². The Morgan fingerprint density at radius 1 is 1.00 bits per heavy atom. The van der Waals surface area contributed by atoms with Gasteiger partial charge in [0, 0.05) is 56.3 Å². The lowest BCUT2D eigenvalue weighted by molar-refractivity contribution is -0.163. The van der Waals surface area contributed by atoms with Crippen LogP contribution < -0.4 is 5.32 Å². The van der Waals surface area contributed by atoms with Crippen molar-refractivity contribution in [2.75, 3.05) is 32.8 Å². The Bertz CT molecular complexity index is 1240. The zero-order valence-corrected chi connectivity index (χ0v) is 21.3. The minimum Gasteiger partial charge on any atom is -0.376 e. The summed E-state index contributed by atoms with van der Waals surface area (Å²) in [7, 11) is 0. The van der Waals surface area contributed by atoms with E-state index in [4.69, 9.17) is 4.74 Å². The summed E-state index contributed by atoms with van der Waals surface area (Å²) in [6.07, 6.45) is 6.72. The molecule has 3 aliphatic heterocycles. The average molecular weight is 501 g/mol. The minimum atomic E-state index is -0.789. The molecule has 2 aromatic carbocycles. The number of rotatable bonds is 7. The molecule has 4 heterocycles. The van der Waals surface area contributed by atoms with Gasteiger partial charge in [-0.05, 0) is 49.3 Å². The quantitative estimate of drug-likeness (QED) is 0.522. The third kappa shape index (κ3) is 4.78. The Balaban J connectivity index is 1.19. The van der Waals surface area contributed by atoms with E-state index in [2.05, 4.69) is 45.5 Å². The van der Waals surface area contributed by atoms with E-state index in [1.807, 2.05) is 35.4 Å². The lowest BCUT2D eigenvalue weighted by atomic mass is 9.80. The van der Waals surface area contributed by atoms with Gasteiger partial charge in [-0.15, -0.1) is 0 Å². The van der Waals surface area contributed by atoms with Crippen LogP contribution in [0.3, 0.4) is 0 Å². The van der Waals surface area contributed by atoms with Crippen molar-refractivity contribution in [1.29, 1.82) is 0 Å². The van der Waals surface area contributed by atoms with Gasteiger partial charge in [0.2, 0.25) is 11.8 Å². The van der Waals surface area contributed by atoms with E-state index >= 15 is 0 Å². The van der Waals surface area contributed by atoms with Crippen molar-refractivity contribution in [1.82, 2.24) is 20.1 Å². The van der Waals surface area contributed by atoms with Gasteiger partial charge in [0.1, 0.15) is 11.6 Å². The van der Waals surface area contributed by atoms with Crippen molar-refractivity contribution in [2.45, 2.75) is 56.2 Å². The number of piperidine rings is 1. The van der Waals surface area contributed by atoms with E-state index in [1.165, 1.54) is 5.56 Å². The van der Waals surface area contributed by atoms with Crippen molar-refractivity contribution < 1.29 is 14.3 Å². The second-order valence-corrected chi connectivity index (χ2v) is 10.8. The molecule has 2 atom stereocenters. The SMILES string of the molecule is O=C1C(Cc2c[nH]c3ccccc23)NC(=O)C2(CCN(CCc3ccccc3)CC2)N1CC1CCCO1. The number of hydrogen-bond acceptors (Lipinski definition) is 4. The molecule has 0 saturated carbocycles. The predicted octanol–water partition coefficient (Wildman–Crippen LogP) is 3.29. The Labute approximate surface area is 218 Å². The number of aromatic amines is 1. The number of likely N-dealkylation sites (tertiary alicyclic amines) is 1. The minimum absolute atomic E-state index is 0.00218. The van der Waals surface area contributed by atoms with E-state index in [0.717, 1.165) is 62.0 Å². The molecule has 3 aliphatic rings. The molecule has 7 heteroatoms. The van der Waals surface area contributed by atoms with Crippen molar-refractivity contribution in [3.05, 3.63) is 71.9 Å². The number of fused-ring (bicyclic) bond motifs is 1. The van der Waals surface area contributed by atoms with Crippen molar-refractivity contribution >= 4 is 22.7 Å². The fourth-order valence-corrected chi connectivity index (χ4v) is 6.37. The summed E-state index contributed by atoms with van der Waals surface area (Å²) in [6.45, 7) is 3.81. The van der Waals surface area contributed by atoms with Crippen LogP contribution in [-0.4, -0.2) is 77.1 Å². The number of piperazine rings is 1. The molecule has 194 valence electrons. The fraction of sp³-hybridized carbons (Fsp3) is 0.467. The van der Waals surface area contributed by atoms with Gasteiger partial charge in [0.15, 0.2) is 0 Å². The van der Waals surface area contributed by atoms with Crippen molar-refractivity contribution in [3.63, 3.8) is 0 Å². The standard InChI is InChI=1S/C30H36N4O3/c35-28-27(19-23-20-31-26-11-5-4-10-25(23)26)32-29(36)30(34(28)21-24-9-6-18-37-24)13-16-33(17-14-30)15-12-22-7-2-1-3-8-22/h1-5,7-8,10-11,20,24,27,31H,6,9,12-19,21H2,(H,32,36). The summed E-state index contributed by atoms with van der Waals surface area (Å²) in [4.78, 5) is 35.5. The summed E-state index contributed by atoms with van der Waals surface area (Å²) in [6, 6.07) is 18.1. The first-order valence-electron chi connectivity index (χ1n) is 13.7. The molecule has 1 aromatic heterocycles. The van der Waals surface area contributed by atoms with Crippen LogP contribution in [0.15, 0.2) is 60.8 Å². The van der Waals surface area contributed by atoms with Gasteiger partial charge < -0.3 is 24.8 Å². The molecule has 7 nitrogen and oxygen atoms in total. The summed E-state index contributed by atoms with van der Waals surface area (Å²) in [5.41, 5.74) is 2.64. The highest BCUT2D eigenvalue weighted by Gasteiger charge is 2.54. The Morgan fingerprint density at radius 3 is 2.57 bits per heavy atom. The Kier molecular flexibility index (Phi) is 6.74. The molecule has 0 aliphatic carbocycles. The van der Waals surface area contributed by atoms with Crippen molar-refractivity contribution in [2.24, 2.45) is 0 Å². The van der Waals surface area contributed by atoms with E-state index < -0.39 is 11.6 Å². The topological polar surface area (TPSA) is 77.7 Å². The first kappa shape index (κ1) is 24.2. The number of aromatic nitrogens is 1. The lowest BCUT2D eigenvalue weighted by Crippen LogP contribution is -2.73. The largest absolute Gasteiger partial charge is 0.376 e. The maximum Gasteiger partial charge on any atom is 0.246 e. The monoisotopic (exact) mass is 500 g/mol. The summed E-state index contributed by atoms with van der Waals surface area (Å²) in [5.74, 6) is 0.0239. The van der Waals surface area contributed by atoms with Gasteiger partial charge in [-0.3, -0.25) is 9.59 Å². The Hall–Kier alpha value is -3.16. The van der Waals surface area contributed by atoms with E-state index in [0.29, 0.717) is 25.8 Å². The molecule has 37 heavy (non-hydrogen) atoms. The molecule has 3 aromatic rings. The molecule has 6 rings (SSSR count). The normalized spacial score (nSPS) is 24.2. The highest BCUT2D eigenvalue weighted by atomic mass is 16.5. The van der Waals surface area contributed by atoms with Crippen LogP contribution in [0, 0.1) is 0 Å². The molecule has 2 unspecified atom stereocenters. The number of amides is 2. The molecular formula is C30H36N4O3. The zero-order chi connectivity index (χ0) is 25.2. The third-order valence-corrected chi connectivity index (χ3v) is 8.56. The smallest absolute Gasteiger partial charge is 0.246 e. The Morgan fingerprint density at radius 2 is 1.78 bits per heavy atom. The number of carbonyl (C=O) groups excluding carboxylic acids is 2. The maximum absolute atomic E-state index is 14.0. The second kappa shape index (κ2) is 10.3. The van der Waals surface area contributed by atoms with Crippen LogP contribution in [0.2, 0.25) is 0 Å². The fourth-order valence-electron chi connectivity index (χ4n) is 6.37. The first-order valence-corrected chi connectivity index (χ1v) is 13.7. The van der Waals surface area contributed by atoms with E-state index in [9.17, 15) is 9.59 Å². The highest BCUT2D eigenvalue weighted by Crippen LogP contribution is 2.35. The molecular weight excluding hydrogens is 464 g/mol. The predicted molar refractivity (Wildman–Crippen MR) is 143 cm³/mol. The third-order valence-electron chi connectivity index (χ3n) is 8.56. The number of H-pyrrole nitrogens is 1. The number of nitrogens with zero attached hydrogens (tertiary/aromatic N) is 2. The first-order chi connectivity index (χ1) is 18.1. The number of para-hydroxylation sites is 1. The van der Waals surface area contributed by atoms with Crippen molar-refractivity contribution in [3.8, 4) is 0 Å². The van der Waals surface area contributed by atoms with Gasteiger partial charge in [-0.25, -0.2) is 0 Å². The second-order valence-electron chi connectivity index (χ2n) is 10.8. The molecule has 2 amide bonds. The van der Waals surface area contributed by atoms with Crippen LogP contribution in [0.1, 0.15) is 36.8 Å². The highest BCUT2D eigenvalue weighted by molar-refractivity contribution is 6.00. The molecule has 3 fully saturated rings. The molecule has 0 bridgehead atoms. The van der Waals surface area contributed by atoms with Gasteiger partial charge in [-0.2, -0.15) is 0 Å². The van der Waals surface area contributed by atoms with Gasteiger partial charge in [0.25, 0.3) is 0 Å². The molecule has 3 saturated heterocycles. The van der Waals surface area contributed by atoms with Crippen LogP contribution in [0.25, 0.3) is 10.9 Å². The van der Waals surface area contributed by atoms with Gasteiger partial charge in [-0.1, -0.05) is 48.5 Å². The van der Waals surface area contributed by atoms with E-state index in [1.54, 1.807) is 0 Å².